The topological polar surface area (TPSA) is 89.0 Å². The van der Waals surface area contributed by atoms with Gasteiger partial charge < -0.3 is 23.1 Å². The van der Waals surface area contributed by atoms with Crippen molar-refractivity contribution < 1.29 is 27.9 Å². The molecular weight excluding hydrogens is 436 g/mol. The van der Waals surface area contributed by atoms with Crippen molar-refractivity contribution in [3.8, 4) is 11.9 Å². The van der Waals surface area contributed by atoms with Crippen molar-refractivity contribution in [3.05, 3.63) is 11.8 Å². The van der Waals surface area contributed by atoms with E-state index >= 15 is 0 Å². The monoisotopic (exact) mass is 470 g/mol. The van der Waals surface area contributed by atoms with Gasteiger partial charge in [0.05, 0.1) is 37.4 Å². The first kappa shape index (κ1) is 24.3. The molecule has 0 aromatic carbocycles. The third kappa shape index (κ3) is 4.31. The van der Waals surface area contributed by atoms with E-state index in [0.29, 0.717) is 12.5 Å². The number of hydrogen-bond acceptors (Lipinski definition) is 9. The summed E-state index contributed by atoms with van der Waals surface area (Å²) in [6, 6.07) is 0.219. The fourth-order valence-electron chi connectivity index (χ4n) is 4.73. The number of fused-ring (bicyclic) bond motifs is 1. The van der Waals surface area contributed by atoms with E-state index in [1.54, 1.807) is 25.1 Å². The molecule has 0 spiro atoms. The smallest absolute Gasteiger partial charge is 0.349 e. The number of nitrogens with zero attached hydrogens (tertiary/aromatic N) is 2. The lowest BCUT2D eigenvalue weighted by molar-refractivity contribution is -0.153. The zero-order chi connectivity index (χ0) is 23.2. The SMILES string of the molecule is COc1ncc([C@@H]2S[C@@H]3CO[Si](C(C)(C)C)(C(C)(C)C)O[C@H]3[C@H]2OC(C)=O)c(OC)n1. The van der Waals surface area contributed by atoms with Crippen LogP contribution in [0.2, 0.25) is 10.1 Å². The van der Waals surface area contributed by atoms with Crippen LogP contribution in [0.3, 0.4) is 0 Å². The summed E-state index contributed by atoms with van der Waals surface area (Å²) in [5.41, 5.74) is 0.747. The Balaban J connectivity index is 2.03. The quantitative estimate of drug-likeness (QED) is 0.478. The van der Waals surface area contributed by atoms with Crippen molar-refractivity contribution in [2.24, 2.45) is 0 Å². The second-order valence-electron chi connectivity index (χ2n) is 10.0. The van der Waals surface area contributed by atoms with Gasteiger partial charge in [-0.3, -0.25) is 4.79 Å². The third-order valence-electron chi connectivity index (χ3n) is 5.78. The number of methoxy groups -OCH3 is 2. The Morgan fingerprint density at radius 3 is 2.32 bits per heavy atom. The highest BCUT2D eigenvalue weighted by molar-refractivity contribution is 8.00. The number of carbonyl (C=O) groups is 1. The summed E-state index contributed by atoms with van der Waals surface area (Å²) in [6.45, 7) is 15.0. The molecule has 3 rings (SSSR count). The van der Waals surface area contributed by atoms with Gasteiger partial charge in [0.15, 0.2) is 0 Å². The highest BCUT2D eigenvalue weighted by atomic mass is 32.2. The standard InChI is InChI=1S/C21H34N2O6SSi/c1-12(24)28-16-15-14(11-27-31(29-15,20(2,3)4)21(5,6)7)30-17(16)13-10-22-19(26-9)23-18(13)25-8/h10,14-17H,11H2,1-9H3/t14-,15-,16-,17+/m1/s1. The number of thioether (sulfide) groups is 1. The van der Waals surface area contributed by atoms with Gasteiger partial charge in [-0.1, -0.05) is 41.5 Å². The predicted molar refractivity (Wildman–Crippen MR) is 121 cm³/mol. The highest BCUT2D eigenvalue weighted by Gasteiger charge is 2.65. The van der Waals surface area contributed by atoms with E-state index in [1.807, 2.05) is 0 Å². The Labute approximate surface area is 190 Å². The number of esters is 1. The zero-order valence-corrected chi connectivity index (χ0v) is 21.7. The average molecular weight is 471 g/mol. The van der Waals surface area contributed by atoms with Gasteiger partial charge in [0, 0.05) is 28.8 Å². The van der Waals surface area contributed by atoms with Crippen LogP contribution in [0.4, 0.5) is 0 Å². The first-order chi connectivity index (χ1) is 14.3. The van der Waals surface area contributed by atoms with Gasteiger partial charge in [-0.05, 0) is 0 Å². The van der Waals surface area contributed by atoms with Crippen LogP contribution in [0, 0.1) is 0 Å². The second kappa shape index (κ2) is 8.53. The Morgan fingerprint density at radius 1 is 1.16 bits per heavy atom. The molecule has 174 valence electrons. The molecule has 1 aromatic rings. The second-order valence-corrected chi connectivity index (χ2v) is 16.1. The summed E-state index contributed by atoms with van der Waals surface area (Å²) in [5, 5.41) is -0.555. The van der Waals surface area contributed by atoms with Crippen molar-refractivity contribution >= 4 is 26.3 Å². The minimum absolute atomic E-state index is 0.0199. The van der Waals surface area contributed by atoms with Crippen LogP contribution in [0.1, 0.15) is 59.3 Å². The summed E-state index contributed by atoms with van der Waals surface area (Å²) in [6.07, 6.45) is 0.887. The van der Waals surface area contributed by atoms with E-state index in [2.05, 4.69) is 51.5 Å². The zero-order valence-electron chi connectivity index (χ0n) is 19.8. The number of aromatic nitrogens is 2. The normalized spacial score (nSPS) is 28.0. The molecule has 2 aliphatic rings. The van der Waals surface area contributed by atoms with Gasteiger partial charge in [0.2, 0.25) is 5.88 Å². The average Bonchev–Trinajstić information content (AvgIpc) is 3.02. The molecule has 0 amide bonds. The molecule has 2 aliphatic heterocycles. The molecule has 0 radical (unpaired) electrons. The summed E-state index contributed by atoms with van der Waals surface area (Å²) < 4.78 is 30.0. The van der Waals surface area contributed by atoms with Crippen LogP contribution in [0.5, 0.6) is 11.9 Å². The molecule has 4 atom stereocenters. The van der Waals surface area contributed by atoms with Crippen LogP contribution in [-0.4, -0.2) is 62.8 Å². The molecule has 0 N–H and O–H groups in total. The molecule has 3 heterocycles. The Hall–Kier alpha value is -1.36. The summed E-state index contributed by atoms with van der Waals surface area (Å²) in [7, 11) is 0.336. The fourth-order valence-corrected chi connectivity index (χ4v) is 11.5. The Bertz CT molecular complexity index is 811. The minimum Gasteiger partial charge on any atom is -0.481 e. The molecule has 0 aliphatic carbocycles. The molecule has 0 bridgehead atoms. The first-order valence-electron chi connectivity index (χ1n) is 10.4. The summed E-state index contributed by atoms with van der Waals surface area (Å²) in [5.74, 6) is 0.0507. The molecular formula is C21H34N2O6SSi. The third-order valence-corrected chi connectivity index (χ3v) is 12.5. The number of rotatable bonds is 4. The van der Waals surface area contributed by atoms with Gasteiger partial charge in [-0.25, -0.2) is 4.98 Å². The Kier molecular flexibility index (Phi) is 6.68. The number of hydrogen-bond donors (Lipinski definition) is 0. The maximum Gasteiger partial charge on any atom is 0.349 e. The minimum atomic E-state index is -2.72. The lowest BCUT2D eigenvalue weighted by Gasteiger charge is -2.54. The van der Waals surface area contributed by atoms with Crippen molar-refractivity contribution in [1.29, 1.82) is 0 Å². The van der Waals surface area contributed by atoms with Crippen LogP contribution in [-0.2, 0) is 18.4 Å². The molecule has 0 saturated carbocycles. The van der Waals surface area contributed by atoms with Gasteiger partial charge in [-0.15, -0.1) is 11.8 Å². The van der Waals surface area contributed by atoms with E-state index in [4.69, 9.17) is 23.1 Å². The lowest BCUT2D eigenvalue weighted by Crippen LogP contribution is -2.65. The van der Waals surface area contributed by atoms with Gasteiger partial charge in [0.1, 0.15) is 6.10 Å². The van der Waals surface area contributed by atoms with E-state index < -0.39 is 14.7 Å². The first-order valence-corrected chi connectivity index (χ1v) is 13.2. The van der Waals surface area contributed by atoms with Crippen LogP contribution in [0.25, 0.3) is 0 Å². The predicted octanol–water partition coefficient (Wildman–Crippen LogP) is 4.04. The largest absolute Gasteiger partial charge is 0.481 e. The lowest BCUT2D eigenvalue weighted by atomic mass is 10.0. The van der Waals surface area contributed by atoms with E-state index in [9.17, 15) is 4.79 Å². The Morgan fingerprint density at radius 2 is 1.81 bits per heavy atom. The fraction of sp³-hybridized carbons (Fsp3) is 0.762. The molecule has 2 saturated heterocycles. The van der Waals surface area contributed by atoms with Crippen molar-refractivity contribution in [1.82, 2.24) is 9.97 Å². The molecule has 0 unspecified atom stereocenters. The molecule has 31 heavy (non-hydrogen) atoms. The van der Waals surface area contributed by atoms with Crippen LogP contribution >= 0.6 is 11.8 Å². The molecule has 10 heteroatoms. The van der Waals surface area contributed by atoms with E-state index in [-0.39, 0.29) is 38.7 Å². The van der Waals surface area contributed by atoms with Crippen molar-refractivity contribution in [3.63, 3.8) is 0 Å². The summed E-state index contributed by atoms with van der Waals surface area (Å²) >= 11 is 1.66. The van der Waals surface area contributed by atoms with Gasteiger partial charge in [-0.2, -0.15) is 4.98 Å². The maximum atomic E-state index is 12.1. The van der Waals surface area contributed by atoms with Crippen LogP contribution < -0.4 is 9.47 Å². The van der Waals surface area contributed by atoms with Gasteiger partial charge in [0.25, 0.3) is 0 Å². The van der Waals surface area contributed by atoms with E-state index in [0.717, 1.165) is 5.56 Å². The highest BCUT2D eigenvalue weighted by Crippen LogP contribution is 2.59. The molecule has 2 fully saturated rings. The number of carbonyl (C=O) groups excluding carboxylic acids is 1. The van der Waals surface area contributed by atoms with Crippen molar-refractivity contribution in [2.45, 2.75) is 81.3 Å². The number of ether oxygens (including phenoxy) is 3. The van der Waals surface area contributed by atoms with Crippen molar-refractivity contribution in [2.75, 3.05) is 20.8 Å². The van der Waals surface area contributed by atoms with E-state index in [1.165, 1.54) is 14.0 Å². The van der Waals surface area contributed by atoms with Gasteiger partial charge >= 0.3 is 20.5 Å². The molecule has 1 aromatic heterocycles. The van der Waals surface area contributed by atoms with Crippen LogP contribution in [0.15, 0.2) is 6.20 Å². The maximum absolute atomic E-state index is 12.1. The molecule has 8 nitrogen and oxygen atoms in total. The summed E-state index contributed by atoms with van der Waals surface area (Å²) in [4.78, 5) is 20.6.